The van der Waals surface area contributed by atoms with Crippen LogP contribution in [0, 0.1) is 6.92 Å². The lowest BCUT2D eigenvalue weighted by Gasteiger charge is -2.16. The van der Waals surface area contributed by atoms with E-state index in [0.717, 1.165) is 17.1 Å². The number of hydrogen-bond acceptors (Lipinski definition) is 3. The van der Waals surface area contributed by atoms with Gasteiger partial charge in [0.25, 0.3) is 5.91 Å². The number of amides is 1. The summed E-state index contributed by atoms with van der Waals surface area (Å²) >= 11 is 1.79. The number of nitrogens with one attached hydrogen (secondary N) is 1. The fourth-order valence-corrected chi connectivity index (χ4v) is 3.59. The summed E-state index contributed by atoms with van der Waals surface area (Å²) in [6, 6.07) is 25.9. The number of ether oxygens (including phenoxy) is 1. The van der Waals surface area contributed by atoms with Crippen molar-refractivity contribution in [1.29, 1.82) is 0 Å². The molecule has 1 amide bonds. The van der Waals surface area contributed by atoms with E-state index < -0.39 is 0 Å². The van der Waals surface area contributed by atoms with Crippen LogP contribution in [0.2, 0.25) is 0 Å². The Hall–Kier alpha value is -2.72. The van der Waals surface area contributed by atoms with Crippen LogP contribution in [0.15, 0.2) is 83.8 Å². The molecule has 0 spiro atoms. The molecule has 0 heterocycles. The minimum absolute atomic E-state index is 0.0804. The van der Waals surface area contributed by atoms with E-state index in [4.69, 9.17) is 4.74 Å². The first-order valence-electron chi connectivity index (χ1n) is 9.38. The van der Waals surface area contributed by atoms with Gasteiger partial charge in [-0.05, 0) is 55.3 Å². The number of carbonyl (C=O) groups excluding carboxylic acids is 1. The Balaban J connectivity index is 1.48. The number of benzene rings is 3. The van der Waals surface area contributed by atoms with Gasteiger partial charge < -0.3 is 10.1 Å². The van der Waals surface area contributed by atoms with Gasteiger partial charge in [0.2, 0.25) is 0 Å². The first kappa shape index (κ1) is 20.0. The predicted octanol–water partition coefficient (Wildman–Crippen LogP) is 5.48. The van der Waals surface area contributed by atoms with E-state index >= 15 is 0 Å². The second-order valence-corrected chi connectivity index (χ2v) is 7.80. The highest BCUT2D eigenvalue weighted by Gasteiger charge is 2.11. The van der Waals surface area contributed by atoms with Gasteiger partial charge in [0, 0.05) is 16.2 Å². The third kappa shape index (κ3) is 5.89. The molecule has 144 valence electrons. The van der Waals surface area contributed by atoms with Gasteiger partial charge >= 0.3 is 0 Å². The van der Waals surface area contributed by atoms with Gasteiger partial charge in [0.15, 0.2) is 0 Å². The highest BCUT2D eigenvalue weighted by molar-refractivity contribution is 7.98. The lowest BCUT2D eigenvalue weighted by Crippen LogP contribution is -2.36. The topological polar surface area (TPSA) is 38.3 Å². The zero-order valence-corrected chi connectivity index (χ0v) is 17.0. The Morgan fingerprint density at radius 2 is 1.64 bits per heavy atom. The van der Waals surface area contributed by atoms with Gasteiger partial charge in [0.1, 0.15) is 12.4 Å². The van der Waals surface area contributed by atoms with E-state index in [-0.39, 0.29) is 11.9 Å². The van der Waals surface area contributed by atoms with Crippen LogP contribution in [0.25, 0.3) is 0 Å². The van der Waals surface area contributed by atoms with Crippen molar-refractivity contribution in [1.82, 2.24) is 5.32 Å². The van der Waals surface area contributed by atoms with E-state index in [9.17, 15) is 4.79 Å². The van der Waals surface area contributed by atoms with Gasteiger partial charge in [-0.25, -0.2) is 0 Å². The van der Waals surface area contributed by atoms with Gasteiger partial charge in [-0.3, -0.25) is 4.79 Å². The minimum Gasteiger partial charge on any atom is -0.491 e. The van der Waals surface area contributed by atoms with Crippen molar-refractivity contribution < 1.29 is 9.53 Å². The molecule has 0 aliphatic heterocycles. The van der Waals surface area contributed by atoms with E-state index in [0.29, 0.717) is 12.2 Å². The third-order valence-electron chi connectivity index (χ3n) is 4.32. The van der Waals surface area contributed by atoms with Crippen LogP contribution in [0.4, 0.5) is 0 Å². The summed E-state index contributed by atoms with van der Waals surface area (Å²) in [5, 5.41) is 2.99. The highest BCUT2D eigenvalue weighted by Crippen LogP contribution is 2.22. The van der Waals surface area contributed by atoms with Crippen molar-refractivity contribution in [2.24, 2.45) is 0 Å². The highest BCUT2D eigenvalue weighted by atomic mass is 32.2. The van der Waals surface area contributed by atoms with Crippen molar-refractivity contribution in [2.45, 2.75) is 30.5 Å². The zero-order chi connectivity index (χ0) is 19.8. The molecule has 1 unspecified atom stereocenters. The molecule has 4 heteroatoms. The molecule has 1 atom stereocenters. The van der Waals surface area contributed by atoms with Gasteiger partial charge in [-0.15, -0.1) is 11.8 Å². The average molecular weight is 392 g/mol. The van der Waals surface area contributed by atoms with E-state index in [1.807, 2.05) is 80.6 Å². The lowest BCUT2D eigenvalue weighted by atomic mass is 10.1. The number of carbonyl (C=O) groups is 1. The second-order valence-electron chi connectivity index (χ2n) is 6.75. The SMILES string of the molecule is Cc1ccccc1OCC(C)NC(=O)c1ccc(CSc2ccccc2)cc1. The van der Waals surface area contributed by atoms with Crippen LogP contribution in [-0.2, 0) is 5.75 Å². The monoisotopic (exact) mass is 391 g/mol. The number of para-hydroxylation sites is 1. The third-order valence-corrected chi connectivity index (χ3v) is 5.41. The summed E-state index contributed by atoms with van der Waals surface area (Å²) in [5.74, 6) is 1.65. The molecule has 3 nitrogen and oxygen atoms in total. The maximum atomic E-state index is 12.5. The average Bonchev–Trinajstić information content (AvgIpc) is 2.73. The van der Waals surface area contributed by atoms with Gasteiger partial charge in [-0.1, -0.05) is 48.5 Å². The molecule has 28 heavy (non-hydrogen) atoms. The van der Waals surface area contributed by atoms with Crippen LogP contribution in [0.5, 0.6) is 5.75 Å². The zero-order valence-electron chi connectivity index (χ0n) is 16.2. The number of hydrogen-bond donors (Lipinski definition) is 1. The largest absolute Gasteiger partial charge is 0.491 e. The molecule has 3 rings (SSSR count). The minimum atomic E-state index is -0.0829. The Morgan fingerprint density at radius 3 is 2.36 bits per heavy atom. The Morgan fingerprint density at radius 1 is 0.964 bits per heavy atom. The molecule has 0 aliphatic rings. The molecule has 1 N–H and O–H groups in total. The van der Waals surface area contributed by atoms with Crippen molar-refractivity contribution >= 4 is 17.7 Å². The van der Waals surface area contributed by atoms with Crippen LogP contribution in [-0.4, -0.2) is 18.6 Å². The van der Waals surface area contributed by atoms with Crippen LogP contribution in [0.1, 0.15) is 28.4 Å². The first-order valence-corrected chi connectivity index (χ1v) is 10.4. The quantitative estimate of drug-likeness (QED) is 0.516. The van der Waals surface area contributed by atoms with Gasteiger partial charge in [-0.2, -0.15) is 0 Å². The van der Waals surface area contributed by atoms with Crippen molar-refractivity contribution in [3.63, 3.8) is 0 Å². The molecule has 3 aromatic rings. The molecule has 0 saturated carbocycles. The summed E-state index contributed by atoms with van der Waals surface area (Å²) in [4.78, 5) is 13.7. The normalized spacial score (nSPS) is 11.6. The van der Waals surface area contributed by atoms with Gasteiger partial charge in [0.05, 0.1) is 6.04 Å². The van der Waals surface area contributed by atoms with E-state index in [2.05, 4.69) is 17.4 Å². The molecule has 0 aliphatic carbocycles. The lowest BCUT2D eigenvalue weighted by molar-refractivity contribution is 0.0926. The molecule has 3 aromatic carbocycles. The van der Waals surface area contributed by atoms with E-state index in [1.54, 1.807) is 11.8 Å². The van der Waals surface area contributed by atoms with Crippen molar-refractivity contribution in [3.05, 3.63) is 95.6 Å². The molecule has 0 aromatic heterocycles. The summed E-state index contributed by atoms with van der Waals surface area (Å²) < 4.78 is 5.81. The number of aryl methyl sites for hydroxylation is 1. The Bertz CT molecular complexity index is 894. The number of thioether (sulfide) groups is 1. The summed E-state index contributed by atoms with van der Waals surface area (Å²) in [5.41, 5.74) is 2.95. The fraction of sp³-hybridized carbons (Fsp3) is 0.208. The standard InChI is InChI=1S/C24H25NO2S/c1-18-8-6-7-11-23(18)27-16-19(2)25-24(26)21-14-12-20(13-15-21)17-28-22-9-4-3-5-10-22/h3-15,19H,16-17H2,1-2H3,(H,25,26). The van der Waals surface area contributed by atoms with Crippen molar-refractivity contribution in [2.75, 3.05) is 6.61 Å². The summed E-state index contributed by atoms with van der Waals surface area (Å²) in [6.07, 6.45) is 0. The molecule has 0 saturated heterocycles. The second kappa shape index (κ2) is 10.00. The molecule has 0 bridgehead atoms. The van der Waals surface area contributed by atoms with Crippen LogP contribution in [0.3, 0.4) is 0 Å². The summed E-state index contributed by atoms with van der Waals surface area (Å²) in [6.45, 7) is 4.39. The Labute approximate surface area is 171 Å². The van der Waals surface area contributed by atoms with E-state index in [1.165, 1.54) is 10.5 Å². The molecular weight excluding hydrogens is 366 g/mol. The Kier molecular flexibility index (Phi) is 7.15. The van der Waals surface area contributed by atoms with Crippen LogP contribution >= 0.6 is 11.8 Å². The molecule has 0 fully saturated rings. The maximum Gasteiger partial charge on any atom is 0.251 e. The maximum absolute atomic E-state index is 12.5. The number of rotatable bonds is 8. The summed E-state index contributed by atoms with van der Waals surface area (Å²) in [7, 11) is 0. The van der Waals surface area contributed by atoms with Crippen LogP contribution < -0.4 is 10.1 Å². The molecule has 0 radical (unpaired) electrons. The smallest absolute Gasteiger partial charge is 0.251 e. The predicted molar refractivity (Wildman–Crippen MR) is 116 cm³/mol. The fourth-order valence-electron chi connectivity index (χ4n) is 2.72. The molecular formula is C24H25NO2S. The van der Waals surface area contributed by atoms with Crippen molar-refractivity contribution in [3.8, 4) is 5.75 Å². The first-order chi connectivity index (χ1) is 13.6.